The van der Waals surface area contributed by atoms with Gasteiger partial charge in [-0.2, -0.15) is 0 Å². The summed E-state index contributed by atoms with van der Waals surface area (Å²) in [7, 11) is -3.19. The second kappa shape index (κ2) is 6.55. The van der Waals surface area contributed by atoms with Crippen molar-refractivity contribution < 1.29 is 8.42 Å². The second-order valence-corrected chi connectivity index (χ2v) is 6.18. The average molecular weight is 266 g/mol. The molecule has 0 aliphatic heterocycles. The monoisotopic (exact) mass is 266 g/mol. The number of benzene rings is 1. The minimum Gasteiger partial charge on any atom is -0.271 e. The van der Waals surface area contributed by atoms with Gasteiger partial charge in [0, 0.05) is 18.7 Å². The molecular weight excluding hydrogens is 248 g/mol. The fraction of sp³-hybridized carbons (Fsp3) is 0.385. The third-order valence-corrected chi connectivity index (χ3v) is 3.81. The Kier molecular flexibility index (Phi) is 5.35. The Morgan fingerprint density at radius 3 is 2.78 bits per heavy atom. The number of terminal acetylenes is 1. The summed E-state index contributed by atoms with van der Waals surface area (Å²) in [6, 6.07) is 6.72. The molecule has 0 aromatic heterocycles. The Hall–Kier alpha value is -1.35. The van der Waals surface area contributed by atoms with Crippen LogP contribution in [0.15, 0.2) is 29.2 Å². The van der Waals surface area contributed by atoms with E-state index in [-0.39, 0.29) is 6.04 Å². The maximum Gasteiger partial charge on any atom is 0.175 e. The second-order valence-electron chi connectivity index (χ2n) is 4.16. The normalized spacial score (nSPS) is 12.9. The summed E-state index contributed by atoms with van der Waals surface area (Å²) in [5.74, 6) is 8.06. The van der Waals surface area contributed by atoms with Crippen LogP contribution in [-0.4, -0.2) is 14.7 Å². The van der Waals surface area contributed by atoms with Gasteiger partial charge in [-0.25, -0.2) is 8.42 Å². The SMILES string of the molecule is C#CCCCC(NN)c1cccc(S(C)(=O)=O)c1. The predicted molar refractivity (Wildman–Crippen MR) is 72.3 cm³/mol. The molecule has 1 rings (SSSR count). The van der Waals surface area contributed by atoms with Crippen LogP contribution in [0.1, 0.15) is 30.9 Å². The van der Waals surface area contributed by atoms with E-state index >= 15 is 0 Å². The lowest BCUT2D eigenvalue weighted by Gasteiger charge is -2.16. The lowest BCUT2D eigenvalue weighted by Crippen LogP contribution is -2.28. The van der Waals surface area contributed by atoms with Gasteiger partial charge in [0.05, 0.1) is 4.90 Å². The summed E-state index contributed by atoms with van der Waals surface area (Å²) in [6.45, 7) is 0. The fourth-order valence-corrected chi connectivity index (χ4v) is 2.39. The van der Waals surface area contributed by atoms with E-state index in [0.717, 1.165) is 18.4 Å². The van der Waals surface area contributed by atoms with Crippen LogP contribution in [0.2, 0.25) is 0 Å². The van der Waals surface area contributed by atoms with E-state index in [0.29, 0.717) is 11.3 Å². The molecule has 0 aliphatic carbocycles. The zero-order valence-corrected chi connectivity index (χ0v) is 11.2. The van der Waals surface area contributed by atoms with Crippen molar-refractivity contribution in [2.24, 2.45) is 5.84 Å². The van der Waals surface area contributed by atoms with Crippen molar-refractivity contribution in [3.05, 3.63) is 29.8 Å². The smallest absolute Gasteiger partial charge is 0.175 e. The van der Waals surface area contributed by atoms with E-state index in [1.54, 1.807) is 18.2 Å². The van der Waals surface area contributed by atoms with Crippen LogP contribution in [0.25, 0.3) is 0 Å². The predicted octanol–water partition coefficient (Wildman–Crippen LogP) is 1.40. The van der Waals surface area contributed by atoms with Crippen molar-refractivity contribution in [3.8, 4) is 12.3 Å². The highest BCUT2D eigenvalue weighted by atomic mass is 32.2. The molecule has 0 fully saturated rings. The van der Waals surface area contributed by atoms with Gasteiger partial charge in [-0.1, -0.05) is 12.1 Å². The molecule has 3 N–H and O–H groups in total. The molecule has 0 radical (unpaired) electrons. The van der Waals surface area contributed by atoms with Gasteiger partial charge in [-0.15, -0.1) is 12.3 Å². The molecule has 0 saturated carbocycles. The molecule has 98 valence electrons. The Morgan fingerprint density at radius 2 is 2.22 bits per heavy atom. The van der Waals surface area contributed by atoms with Gasteiger partial charge in [0.25, 0.3) is 0 Å². The maximum atomic E-state index is 11.5. The van der Waals surface area contributed by atoms with E-state index in [2.05, 4.69) is 11.3 Å². The molecule has 0 heterocycles. The number of hydrazine groups is 1. The molecule has 4 nitrogen and oxygen atoms in total. The zero-order chi connectivity index (χ0) is 13.6. The van der Waals surface area contributed by atoms with E-state index < -0.39 is 9.84 Å². The molecule has 0 saturated heterocycles. The first-order valence-electron chi connectivity index (χ1n) is 5.68. The molecular formula is C13H18N2O2S. The Balaban J connectivity index is 2.90. The number of rotatable bonds is 6. The lowest BCUT2D eigenvalue weighted by molar-refractivity contribution is 0.501. The summed E-state index contributed by atoms with van der Waals surface area (Å²) in [5.41, 5.74) is 3.55. The van der Waals surface area contributed by atoms with E-state index in [1.807, 2.05) is 6.07 Å². The molecule has 5 heteroatoms. The number of unbranched alkanes of at least 4 members (excludes halogenated alkanes) is 1. The van der Waals surface area contributed by atoms with Gasteiger partial charge in [0.2, 0.25) is 0 Å². The fourth-order valence-electron chi connectivity index (χ4n) is 1.72. The van der Waals surface area contributed by atoms with Gasteiger partial charge in [-0.05, 0) is 30.5 Å². The topological polar surface area (TPSA) is 72.2 Å². The number of nitrogens with one attached hydrogen (secondary N) is 1. The molecule has 1 atom stereocenters. The lowest BCUT2D eigenvalue weighted by atomic mass is 10.0. The van der Waals surface area contributed by atoms with Crippen LogP contribution in [0, 0.1) is 12.3 Å². The van der Waals surface area contributed by atoms with Gasteiger partial charge in [0.1, 0.15) is 0 Å². The highest BCUT2D eigenvalue weighted by Gasteiger charge is 2.13. The molecule has 0 aliphatic rings. The Morgan fingerprint density at radius 1 is 1.50 bits per heavy atom. The first-order valence-corrected chi connectivity index (χ1v) is 7.57. The number of hydrogen-bond donors (Lipinski definition) is 2. The average Bonchev–Trinajstić information content (AvgIpc) is 2.34. The third kappa shape index (κ3) is 4.15. The molecule has 0 bridgehead atoms. The molecule has 1 aromatic carbocycles. The van der Waals surface area contributed by atoms with Crippen LogP contribution in [0.3, 0.4) is 0 Å². The number of hydrogen-bond acceptors (Lipinski definition) is 4. The first kappa shape index (κ1) is 14.7. The van der Waals surface area contributed by atoms with Gasteiger partial charge < -0.3 is 0 Å². The minimum absolute atomic E-state index is 0.0833. The summed E-state index contributed by atoms with van der Waals surface area (Å²) in [5, 5.41) is 0. The van der Waals surface area contributed by atoms with E-state index in [9.17, 15) is 8.42 Å². The van der Waals surface area contributed by atoms with Crippen molar-refractivity contribution in [1.82, 2.24) is 5.43 Å². The Labute approximate surface area is 108 Å². The van der Waals surface area contributed by atoms with Crippen molar-refractivity contribution in [2.75, 3.05) is 6.26 Å². The molecule has 0 amide bonds. The first-order chi connectivity index (χ1) is 8.49. The van der Waals surface area contributed by atoms with Gasteiger partial charge >= 0.3 is 0 Å². The summed E-state index contributed by atoms with van der Waals surface area (Å²) in [4.78, 5) is 0.303. The van der Waals surface area contributed by atoms with Crippen LogP contribution in [-0.2, 0) is 9.84 Å². The summed E-state index contributed by atoms with van der Waals surface area (Å²) >= 11 is 0. The molecule has 1 aromatic rings. The zero-order valence-electron chi connectivity index (χ0n) is 10.4. The Bertz CT molecular complexity index is 532. The van der Waals surface area contributed by atoms with Crippen LogP contribution < -0.4 is 11.3 Å². The highest BCUT2D eigenvalue weighted by Crippen LogP contribution is 2.21. The highest BCUT2D eigenvalue weighted by molar-refractivity contribution is 7.90. The van der Waals surface area contributed by atoms with Crippen molar-refractivity contribution in [3.63, 3.8) is 0 Å². The third-order valence-electron chi connectivity index (χ3n) is 2.70. The van der Waals surface area contributed by atoms with Crippen molar-refractivity contribution in [2.45, 2.75) is 30.2 Å². The van der Waals surface area contributed by atoms with E-state index in [4.69, 9.17) is 12.3 Å². The minimum atomic E-state index is -3.19. The summed E-state index contributed by atoms with van der Waals surface area (Å²) in [6.07, 6.45) is 8.68. The van der Waals surface area contributed by atoms with Crippen molar-refractivity contribution in [1.29, 1.82) is 0 Å². The van der Waals surface area contributed by atoms with E-state index in [1.165, 1.54) is 6.26 Å². The van der Waals surface area contributed by atoms with Crippen LogP contribution in [0.4, 0.5) is 0 Å². The molecule has 1 unspecified atom stereocenters. The number of nitrogens with two attached hydrogens (primary N) is 1. The molecule has 18 heavy (non-hydrogen) atoms. The molecule has 0 spiro atoms. The van der Waals surface area contributed by atoms with Gasteiger partial charge in [0.15, 0.2) is 9.84 Å². The van der Waals surface area contributed by atoms with Crippen molar-refractivity contribution >= 4 is 9.84 Å². The maximum absolute atomic E-state index is 11.5. The number of sulfone groups is 1. The standard InChI is InChI=1S/C13H18N2O2S/c1-3-4-5-9-13(15-14)11-7-6-8-12(10-11)18(2,16)17/h1,6-8,10,13,15H,4-5,9,14H2,2H3. The van der Waals surface area contributed by atoms with Gasteiger partial charge in [-0.3, -0.25) is 11.3 Å². The van der Waals surface area contributed by atoms with Crippen LogP contribution >= 0.6 is 0 Å². The largest absolute Gasteiger partial charge is 0.271 e. The summed E-state index contributed by atoms with van der Waals surface area (Å²) < 4.78 is 23.0. The van der Waals surface area contributed by atoms with Crippen LogP contribution in [0.5, 0.6) is 0 Å². The quantitative estimate of drug-likeness (QED) is 0.353.